The quantitative estimate of drug-likeness (QED) is 0.675. The second-order valence-corrected chi connectivity index (χ2v) is 9.04. The summed E-state index contributed by atoms with van der Waals surface area (Å²) in [6.07, 6.45) is 1.17. The van der Waals surface area contributed by atoms with E-state index in [2.05, 4.69) is 19.2 Å². The molecule has 2 aliphatic rings. The topological polar surface area (TPSA) is 64.6 Å². The summed E-state index contributed by atoms with van der Waals surface area (Å²) in [7, 11) is 1.62. The third-order valence-electron chi connectivity index (χ3n) is 6.05. The van der Waals surface area contributed by atoms with Crippen molar-refractivity contribution >= 4 is 17.4 Å². The molecule has 0 fully saturated rings. The molecular formula is C27H29NO4. The van der Waals surface area contributed by atoms with Crippen LogP contribution in [0.3, 0.4) is 0 Å². The number of carbonyl (C=O) groups is 2. The van der Waals surface area contributed by atoms with Crippen molar-refractivity contribution in [2.75, 3.05) is 13.7 Å². The van der Waals surface area contributed by atoms with Crippen LogP contribution in [0.5, 0.6) is 5.75 Å². The van der Waals surface area contributed by atoms with Gasteiger partial charge in [0.15, 0.2) is 5.78 Å². The molecule has 0 aromatic heterocycles. The minimum atomic E-state index is -0.505. The molecule has 5 heteroatoms. The fourth-order valence-corrected chi connectivity index (χ4v) is 4.68. The minimum absolute atomic E-state index is 0.0680. The molecule has 1 unspecified atom stereocenters. The van der Waals surface area contributed by atoms with Crippen LogP contribution in [-0.4, -0.2) is 25.5 Å². The molecule has 1 aliphatic carbocycles. The number of nitrogens with one attached hydrogen (secondary N) is 1. The van der Waals surface area contributed by atoms with E-state index in [-0.39, 0.29) is 17.8 Å². The second kappa shape index (κ2) is 8.65. The van der Waals surface area contributed by atoms with Crippen LogP contribution in [0, 0.1) is 5.41 Å². The highest BCUT2D eigenvalue weighted by atomic mass is 16.5. The van der Waals surface area contributed by atoms with Crippen molar-refractivity contribution < 1.29 is 19.1 Å². The van der Waals surface area contributed by atoms with Crippen molar-refractivity contribution in [1.29, 1.82) is 0 Å². The number of esters is 1. The largest absolute Gasteiger partial charge is 0.497 e. The number of carbonyl (C=O) groups excluding carboxylic acids is 2. The van der Waals surface area contributed by atoms with Crippen LogP contribution >= 0.6 is 0 Å². The summed E-state index contributed by atoms with van der Waals surface area (Å²) in [5.74, 6) is -0.129. The van der Waals surface area contributed by atoms with Gasteiger partial charge in [-0.3, -0.25) is 4.79 Å². The smallest absolute Gasteiger partial charge is 0.337 e. The highest BCUT2D eigenvalue weighted by Crippen LogP contribution is 2.48. The van der Waals surface area contributed by atoms with E-state index < -0.39 is 11.9 Å². The lowest BCUT2D eigenvalue weighted by Gasteiger charge is -2.40. The van der Waals surface area contributed by atoms with Crippen LogP contribution in [-0.2, 0) is 14.3 Å². The van der Waals surface area contributed by atoms with Gasteiger partial charge in [-0.25, -0.2) is 4.79 Å². The molecule has 0 spiro atoms. The number of benzene rings is 2. The van der Waals surface area contributed by atoms with Crippen LogP contribution in [0.15, 0.2) is 71.4 Å². The van der Waals surface area contributed by atoms with E-state index in [1.54, 1.807) is 14.0 Å². The fraction of sp³-hybridized carbons (Fsp3) is 0.333. The Kier molecular flexibility index (Phi) is 5.92. The van der Waals surface area contributed by atoms with Gasteiger partial charge >= 0.3 is 5.97 Å². The number of ether oxygens (including phenoxy) is 2. The van der Waals surface area contributed by atoms with Crippen LogP contribution in [0.2, 0.25) is 0 Å². The van der Waals surface area contributed by atoms with E-state index in [1.807, 2.05) is 54.6 Å². The van der Waals surface area contributed by atoms with Gasteiger partial charge in [0.1, 0.15) is 5.75 Å². The Labute approximate surface area is 189 Å². The molecule has 1 heterocycles. The first-order chi connectivity index (χ1) is 15.3. The van der Waals surface area contributed by atoms with E-state index >= 15 is 0 Å². The summed E-state index contributed by atoms with van der Waals surface area (Å²) in [6.45, 7) is 6.25. The number of Topliss-reactive ketones (excluding diaryl/α,β-unsaturated/α-hetero) is 1. The summed E-state index contributed by atoms with van der Waals surface area (Å²) in [5.41, 5.74) is 4.32. The summed E-state index contributed by atoms with van der Waals surface area (Å²) in [6, 6.07) is 17.3. The summed E-state index contributed by atoms with van der Waals surface area (Å²) in [5, 5.41) is 3.48. The zero-order valence-corrected chi connectivity index (χ0v) is 19.0. The SMILES string of the molecule is CCOC(=O)C1=C(c2ccccc2)NC2=C(C(=O)CC(C)(C)C2)C1c1ccc(OC)cc1. The van der Waals surface area contributed by atoms with E-state index in [9.17, 15) is 9.59 Å². The number of hydrogen-bond donors (Lipinski definition) is 1. The lowest BCUT2D eigenvalue weighted by atomic mass is 9.68. The fourth-order valence-electron chi connectivity index (χ4n) is 4.68. The highest BCUT2D eigenvalue weighted by molar-refractivity contribution is 6.08. The van der Waals surface area contributed by atoms with Crippen LogP contribution < -0.4 is 10.1 Å². The van der Waals surface area contributed by atoms with Gasteiger partial charge in [-0.2, -0.15) is 0 Å². The second-order valence-electron chi connectivity index (χ2n) is 9.04. The molecule has 32 heavy (non-hydrogen) atoms. The lowest BCUT2D eigenvalue weighted by molar-refractivity contribution is -0.138. The number of dihydropyridines is 1. The maximum absolute atomic E-state index is 13.4. The Morgan fingerprint density at radius 3 is 2.38 bits per heavy atom. The third-order valence-corrected chi connectivity index (χ3v) is 6.05. The molecule has 5 nitrogen and oxygen atoms in total. The van der Waals surface area contributed by atoms with E-state index in [1.165, 1.54) is 0 Å². The van der Waals surface area contributed by atoms with Gasteiger partial charge in [0.2, 0.25) is 0 Å². The Morgan fingerprint density at radius 1 is 1.06 bits per heavy atom. The summed E-state index contributed by atoms with van der Waals surface area (Å²) in [4.78, 5) is 26.7. The monoisotopic (exact) mass is 431 g/mol. The lowest BCUT2D eigenvalue weighted by Crippen LogP contribution is -2.38. The molecule has 4 rings (SSSR count). The number of methoxy groups -OCH3 is 1. The predicted octanol–water partition coefficient (Wildman–Crippen LogP) is 5.00. The molecule has 0 radical (unpaired) electrons. The Morgan fingerprint density at radius 2 is 1.75 bits per heavy atom. The molecule has 0 saturated carbocycles. The van der Waals surface area contributed by atoms with Gasteiger partial charge in [0, 0.05) is 23.6 Å². The van der Waals surface area contributed by atoms with Gasteiger partial charge in [-0.15, -0.1) is 0 Å². The van der Waals surface area contributed by atoms with Gasteiger partial charge in [-0.1, -0.05) is 56.3 Å². The molecule has 166 valence electrons. The van der Waals surface area contributed by atoms with Crippen molar-refractivity contribution in [2.45, 2.75) is 39.5 Å². The summed E-state index contributed by atoms with van der Waals surface area (Å²) >= 11 is 0. The maximum atomic E-state index is 13.4. The average Bonchev–Trinajstić information content (AvgIpc) is 2.78. The molecular weight excluding hydrogens is 402 g/mol. The molecule has 0 amide bonds. The first-order valence-electron chi connectivity index (χ1n) is 11.0. The predicted molar refractivity (Wildman–Crippen MR) is 124 cm³/mol. The Bertz CT molecular complexity index is 1090. The minimum Gasteiger partial charge on any atom is -0.497 e. The van der Waals surface area contributed by atoms with E-state index in [0.717, 1.165) is 29.0 Å². The zero-order valence-electron chi connectivity index (χ0n) is 19.0. The standard InChI is InChI=1S/C27H29NO4/c1-5-32-26(30)24-22(17-11-13-19(31-4)14-12-17)23-20(15-27(2,3)16-21(23)29)28-25(24)18-9-7-6-8-10-18/h6-14,22,28H,5,15-16H2,1-4H3. The molecule has 0 bridgehead atoms. The molecule has 0 saturated heterocycles. The summed E-state index contributed by atoms with van der Waals surface area (Å²) < 4.78 is 10.8. The highest BCUT2D eigenvalue weighted by Gasteiger charge is 2.44. The first-order valence-corrected chi connectivity index (χ1v) is 11.0. The Balaban J connectivity index is 1.97. The van der Waals surface area contributed by atoms with Gasteiger partial charge in [0.05, 0.1) is 25.0 Å². The van der Waals surface area contributed by atoms with Gasteiger partial charge in [-0.05, 0) is 42.0 Å². The number of hydrogen-bond acceptors (Lipinski definition) is 5. The van der Waals surface area contributed by atoms with E-state index in [0.29, 0.717) is 23.3 Å². The zero-order chi connectivity index (χ0) is 22.9. The number of ketones is 1. The van der Waals surface area contributed by atoms with Gasteiger partial charge in [0.25, 0.3) is 0 Å². The number of allylic oxidation sites excluding steroid dienone is 2. The van der Waals surface area contributed by atoms with Crippen molar-refractivity contribution in [3.05, 3.63) is 82.6 Å². The van der Waals surface area contributed by atoms with E-state index in [4.69, 9.17) is 9.47 Å². The van der Waals surface area contributed by atoms with Crippen molar-refractivity contribution in [1.82, 2.24) is 5.32 Å². The Hall–Kier alpha value is -3.34. The van der Waals surface area contributed by atoms with Gasteiger partial charge < -0.3 is 14.8 Å². The van der Waals surface area contributed by atoms with Crippen LogP contribution in [0.1, 0.15) is 50.7 Å². The molecule has 1 aliphatic heterocycles. The molecule has 2 aromatic rings. The van der Waals surface area contributed by atoms with Crippen LogP contribution in [0.25, 0.3) is 5.70 Å². The van der Waals surface area contributed by atoms with Crippen molar-refractivity contribution in [3.8, 4) is 5.75 Å². The van der Waals surface area contributed by atoms with Crippen LogP contribution in [0.4, 0.5) is 0 Å². The molecule has 1 N–H and O–H groups in total. The normalized spacial score (nSPS) is 19.9. The van der Waals surface area contributed by atoms with Crippen molar-refractivity contribution in [2.24, 2.45) is 5.41 Å². The maximum Gasteiger partial charge on any atom is 0.337 e. The number of rotatable bonds is 5. The third kappa shape index (κ3) is 4.07. The van der Waals surface area contributed by atoms with Crippen molar-refractivity contribution in [3.63, 3.8) is 0 Å². The first kappa shape index (κ1) is 21.9. The molecule has 1 atom stereocenters. The molecule has 2 aromatic carbocycles. The average molecular weight is 432 g/mol.